The number of carbonyl (C=O) groups excluding carboxylic acids is 1. The van der Waals surface area contributed by atoms with Crippen molar-refractivity contribution in [2.75, 3.05) is 11.1 Å². The highest BCUT2D eigenvalue weighted by atomic mass is 79.9. The van der Waals surface area contributed by atoms with Crippen molar-refractivity contribution in [1.29, 1.82) is 0 Å². The second-order valence-electron chi connectivity index (χ2n) is 3.82. The number of nitrogen functional groups attached to an aromatic ring is 1. The number of hydrogen-bond donors (Lipinski definition) is 3. The van der Waals surface area contributed by atoms with Crippen LogP contribution in [0.15, 0.2) is 40.9 Å². The van der Waals surface area contributed by atoms with Gasteiger partial charge in [-0.05, 0) is 30.3 Å². The minimum atomic E-state index is -0.482. The summed E-state index contributed by atoms with van der Waals surface area (Å²) in [4.78, 5) is 12.1. The molecule has 2 aromatic rings. The first-order valence-corrected chi connectivity index (χ1v) is 6.50. The number of halogens is 2. The molecule has 0 aliphatic rings. The van der Waals surface area contributed by atoms with E-state index in [-0.39, 0.29) is 17.0 Å². The number of para-hydroxylation sites is 1. The highest BCUT2D eigenvalue weighted by Gasteiger charge is 2.14. The number of nitrogens with one attached hydrogen (secondary N) is 1. The number of phenolic OH excluding ortho intramolecular Hbond substituents is 1. The summed E-state index contributed by atoms with van der Waals surface area (Å²) < 4.78 is 0.781. The number of hydrogen-bond acceptors (Lipinski definition) is 3. The molecule has 0 atom stereocenters. The van der Waals surface area contributed by atoms with Crippen LogP contribution in [0.5, 0.6) is 5.75 Å². The number of amides is 1. The molecular weight excluding hydrogens is 332 g/mol. The number of phenols is 1. The van der Waals surface area contributed by atoms with Crippen LogP contribution in [-0.2, 0) is 0 Å². The highest BCUT2D eigenvalue weighted by Crippen LogP contribution is 2.28. The van der Waals surface area contributed by atoms with Crippen molar-refractivity contribution in [3.8, 4) is 5.75 Å². The number of rotatable bonds is 2. The Balaban J connectivity index is 2.31. The van der Waals surface area contributed by atoms with Crippen LogP contribution in [0, 0.1) is 0 Å². The molecule has 0 spiro atoms. The molecule has 0 radical (unpaired) electrons. The standard InChI is InChI=1S/C13H10BrClN2O2/c14-7-4-5-9(15)11(6-7)17-13(19)8-2-1-3-10(16)12(8)18/h1-6,18H,16H2,(H,17,19). The van der Waals surface area contributed by atoms with E-state index in [9.17, 15) is 9.90 Å². The lowest BCUT2D eigenvalue weighted by molar-refractivity contribution is 0.102. The van der Waals surface area contributed by atoms with Gasteiger partial charge < -0.3 is 16.2 Å². The zero-order valence-electron chi connectivity index (χ0n) is 9.65. The van der Waals surface area contributed by atoms with Gasteiger partial charge in [-0.2, -0.15) is 0 Å². The van der Waals surface area contributed by atoms with Crippen LogP contribution in [0.3, 0.4) is 0 Å². The van der Waals surface area contributed by atoms with Crippen molar-refractivity contribution in [3.05, 3.63) is 51.5 Å². The first-order valence-electron chi connectivity index (χ1n) is 5.33. The summed E-state index contributed by atoms with van der Waals surface area (Å²) in [5.41, 5.74) is 6.23. The molecule has 1 amide bonds. The number of benzene rings is 2. The summed E-state index contributed by atoms with van der Waals surface area (Å²) in [7, 11) is 0. The maximum atomic E-state index is 12.1. The van der Waals surface area contributed by atoms with Gasteiger partial charge in [-0.25, -0.2) is 0 Å². The smallest absolute Gasteiger partial charge is 0.259 e. The van der Waals surface area contributed by atoms with E-state index >= 15 is 0 Å². The Morgan fingerprint density at radius 3 is 2.79 bits per heavy atom. The van der Waals surface area contributed by atoms with Gasteiger partial charge >= 0.3 is 0 Å². The van der Waals surface area contributed by atoms with E-state index in [0.29, 0.717) is 10.7 Å². The second-order valence-corrected chi connectivity index (χ2v) is 5.14. The predicted molar refractivity (Wildman–Crippen MR) is 79.6 cm³/mol. The zero-order chi connectivity index (χ0) is 14.0. The number of nitrogens with two attached hydrogens (primary N) is 1. The Bertz CT molecular complexity index is 647. The van der Waals surface area contributed by atoms with Crippen LogP contribution in [0.1, 0.15) is 10.4 Å². The summed E-state index contributed by atoms with van der Waals surface area (Å²) in [5.74, 6) is -0.726. The van der Waals surface area contributed by atoms with E-state index in [1.54, 1.807) is 24.3 Å². The van der Waals surface area contributed by atoms with E-state index in [0.717, 1.165) is 4.47 Å². The largest absolute Gasteiger partial charge is 0.505 e. The monoisotopic (exact) mass is 340 g/mol. The Morgan fingerprint density at radius 1 is 1.32 bits per heavy atom. The third-order valence-electron chi connectivity index (χ3n) is 2.49. The van der Waals surface area contributed by atoms with E-state index in [2.05, 4.69) is 21.2 Å². The summed E-state index contributed by atoms with van der Waals surface area (Å²) in [6, 6.07) is 9.66. The fourth-order valence-electron chi connectivity index (χ4n) is 1.53. The van der Waals surface area contributed by atoms with E-state index in [1.807, 2.05) is 0 Å². The third-order valence-corrected chi connectivity index (χ3v) is 3.31. The topological polar surface area (TPSA) is 75.4 Å². The second kappa shape index (κ2) is 5.50. The molecule has 0 heterocycles. The number of aromatic hydroxyl groups is 1. The number of carbonyl (C=O) groups is 1. The Hall–Kier alpha value is -1.72. The Morgan fingerprint density at radius 2 is 2.05 bits per heavy atom. The van der Waals surface area contributed by atoms with Gasteiger partial charge in [0, 0.05) is 4.47 Å². The highest BCUT2D eigenvalue weighted by molar-refractivity contribution is 9.10. The van der Waals surface area contributed by atoms with Crippen molar-refractivity contribution >= 4 is 44.8 Å². The van der Waals surface area contributed by atoms with E-state index < -0.39 is 5.91 Å². The SMILES string of the molecule is Nc1cccc(C(=O)Nc2cc(Br)ccc2Cl)c1O. The molecule has 2 rings (SSSR count). The van der Waals surface area contributed by atoms with Crippen LogP contribution in [-0.4, -0.2) is 11.0 Å². The van der Waals surface area contributed by atoms with Gasteiger partial charge in [0.25, 0.3) is 5.91 Å². The van der Waals surface area contributed by atoms with Gasteiger partial charge in [0.1, 0.15) is 0 Å². The summed E-state index contributed by atoms with van der Waals surface area (Å²) in [6.07, 6.45) is 0. The van der Waals surface area contributed by atoms with Crippen molar-refractivity contribution in [2.24, 2.45) is 0 Å². The molecule has 0 saturated heterocycles. The van der Waals surface area contributed by atoms with Gasteiger partial charge in [0.2, 0.25) is 0 Å². The Kier molecular flexibility index (Phi) is 3.97. The fraction of sp³-hybridized carbons (Fsp3) is 0. The molecule has 0 fully saturated rings. The Labute approximate surface area is 123 Å². The normalized spacial score (nSPS) is 10.2. The van der Waals surface area contributed by atoms with Gasteiger partial charge in [0.05, 0.1) is 22.0 Å². The van der Waals surface area contributed by atoms with Crippen LogP contribution in [0.25, 0.3) is 0 Å². The summed E-state index contributed by atoms with van der Waals surface area (Å²) in [6.45, 7) is 0. The number of anilines is 2. The van der Waals surface area contributed by atoms with Crippen LogP contribution >= 0.6 is 27.5 Å². The maximum absolute atomic E-state index is 12.1. The lowest BCUT2D eigenvalue weighted by atomic mass is 10.1. The van der Waals surface area contributed by atoms with Crippen molar-refractivity contribution in [3.63, 3.8) is 0 Å². The molecule has 19 heavy (non-hydrogen) atoms. The minimum absolute atomic E-state index is 0.0936. The van der Waals surface area contributed by atoms with Crippen LogP contribution in [0.2, 0.25) is 5.02 Å². The molecule has 0 saturated carbocycles. The summed E-state index contributed by atoms with van der Waals surface area (Å²) in [5, 5.41) is 12.8. The molecule has 4 N–H and O–H groups in total. The van der Waals surface area contributed by atoms with Crippen molar-refractivity contribution < 1.29 is 9.90 Å². The van der Waals surface area contributed by atoms with Gasteiger partial charge in [-0.15, -0.1) is 0 Å². The quantitative estimate of drug-likeness (QED) is 0.576. The van der Waals surface area contributed by atoms with E-state index in [1.165, 1.54) is 12.1 Å². The first-order chi connectivity index (χ1) is 8.99. The molecule has 6 heteroatoms. The minimum Gasteiger partial charge on any atom is -0.505 e. The molecule has 0 unspecified atom stereocenters. The molecule has 2 aromatic carbocycles. The molecule has 0 bridgehead atoms. The average Bonchev–Trinajstić information content (AvgIpc) is 2.37. The van der Waals surface area contributed by atoms with E-state index in [4.69, 9.17) is 17.3 Å². The van der Waals surface area contributed by atoms with Crippen molar-refractivity contribution in [1.82, 2.24) is 0 Å². The lowest BCUT2D eigenvalue weighted by Gasteiger charge is -2.09. The van der Waals surface area contributed by atoms with Gasteiger partial charge in [-0.3, -0.25) is 4.79 Å². The van der Waals surface area contributed by atoms with Crippen molar-refractivity contribution in [2.45, 2.75) is 0 Å². The molecule has 98 valence electrons. The maximum Gasteiger partial charge on any atom is 0.259 e. The van der Waals surface area contributed by atoms with Gasteiger partial charge in [0.15, 0.2) is 5.75 Å². The van der Waals surface area contributed by atoms with Crippen LogP contribution < -0.4 is 11.1 Å². The molecular formula is C13H10BrClN2O2. The first kappa shape index (κ1) is 13.7. The zero-order valence-corrected chi connectivity index (χ0v) is 12.0. The lowest BCUT2D eigenvalue weighted by Crippen LogP contribution is -2.13. The molecule has 0 aliphatic heterocycles. The molecule has 4 nitrogen and oxygen atoms in total. The fourth-order valence-corrected chi connectivity index (χ4v) is 2.05. The predicted octanol–water partition coefficient (Wildman–Crippen LogP) is 3.64. The molecule has 0 aromatic heterocycles. The summed E-state index contributed by atoms with van der Waals surface area (Å²) >= 11 is 9.27. The van der Waals surface area contributed by atoms with Crippen LogP contribution in [0.4, 0.5) is 11.4 Å². The average molecular weight is 342 g/mol. The molecule has 0 aliphatic carbocycles. The van der Waals surface area contributed by atoms with Gasteiger partial charge in [-0.1, -0.05) is 33.6 Å². The third kappa shape index (κ3) is 3.00.